The molecule has 0 heterocycles. The normalized spacial score (nSPS) is 14.9. The molecule has 0 aliphatic heterocycles. The van der Waals surface area contributed by atoms with Crippen LogP contribution in [0, 0.1) is 11.3 Å². The van der Waals surface area contributed by atoms with E-state index in [0.29, 0.717) is 0 Å². The predicted octanol–water partition coefficient (Wildman–Crippen LogP) is 1.78. The van der Waals surface area contributed by atoms with Gasteiger partial charge >= 0.3 is 12.0 Å². The van der Waals surface area contributed by atoms with Crippen LogP contribution in [0.5, 0.6) is 0 Å². The third kappa shape index (κ3) is 5.56. The van der Waals surface area contributed by atoms with Crippen LogP contribution in [-0.4, -0.2) is 41.6 Å². The van der Waals surface area contributed by atoms with Gasteiger partial charge in [0.2, 0.25) is 0 Å². The molecule has 5 nitrogen and oxygen atoms in total. The number of amides is 2. The number of carbonyl (C=O) groups excluding carboxylic acids is 1. The van der Waals surface area contributed by atoms with E-state index in [9.17, 15) is 9.59 Å². The van der Waals surface area contributed by atoms with Crippen LogP contribution in [0.2, 0.25) is 0 Å². The zero-order valence-corrected chi connectivity index (χ0v) is 11.6. The topological polar surface area (TPSA) is 69.6 Å². The summed E-state index contributed by atoms with van der Waals surface area (Å²) < 4.78 is 0. The van der Waals surface area contributed by atoms with Crippen LogP contribution >= 0.6 is 0 Å². The number of hydrogen-bond acceptors (Lipinski definition) is 2. The number of nitrogens with one attached hydrogen (secondary N) is 1. The lowest BCUT2D eigenvalue weighted by molar-refractivity contribution is -0.141. The average molecular weight is 244 g/mol. The SMILES string of the molecule is CC(CN(C)C(=O)NC(C)C(C)(C)C)C(=O)O. The highest BCUT2D eigenvalue weighted by Gasteiger charge is 2.24. The van der Waals surface area contributed by atoms with Crippen LogP contribution in [0.3, 0.4) is 0 Å². The minimum atomic E-state index is -0.895. The Morgan fingerprint density at radius 2 is 1.76 bits per heavy atom. The molecule has 0 aromatic rings. The van der Waals surface area contributed by atoms with Gasteiger partial charge in [0.15, 0.2) is 0 Å². The summed E-state index contributed by atoms with van der Waals surface area (Å²) in [5.74, 6) is -1.45. The molecule has 2 N–H and O–H groups in total. The lowest BCUT2D eigenvalue weighted by atomic mass is 9.88. The van der Waals surface area contributed by atoms with E-state index >= 15 is 0 Å². The molecule has 0 rings (SSSR count). The van der Waals surface area contributed by atoms with Gasteiger partial charge in [-0.15, -0.1) is 0 Å². The van der Waals surface area contributed by atoms with Crippen LogP contribution in [0.4, 0.5) is 4.79 Å². The number of aliphatic carboxylic acids is 1. The van der Waals surface area contributed by atoms with E-state index < -0.39 is 11.9 Å². The van der Waals surface area contributed by atoms with E-state index in [1.54, 1.807) is 14.0 Å². The van der Waals surface area contributed by atoms with E-state index in [4.69, 9.17) is 5.11 Å². The molecule has 100 valence electrons. The van der Waals surface area contributed by atoms with Gasteiger partial charge in [0.05, 0.1) is 5.92 Å². The van der Waals surface area contributed by atoms with Gasteiger partial charge in [-0.25, -0.2) is 4.79 Å². The zero-order valence-electron chi connectivity index (χ0n) is 11.6. The second-order valence-electron chi connectivity index (χ2n) is 5.66. The number of nitrogens with zero attached hydrogens (tertiary/aromatic N) is 1. The Balaban J connectivity index is 4.29. The number of carbonyl (C=O) groups is 2. The molecule has 0 spiro atoms. The van der Waals surface area contributed by atoms with Crippen LogP contribution in [0.1, 0.15) is 34.6 Å². The Bertz CT molecular complexity index is 284. The average Bonchev–Trinajstić information content (AvgIpc) is 2.15. The highest BCUT2D eigenvalue weighted by Crippen LogP contribution is 2.18. The van der Waals surface area contributed by atoms with Crippen molar-refractivity contribution in [3.8, 4) is 0 Å². The molecule has 5 heteroatoms. The maximum atomic E-state index is 11.8. The minimum Gasteiger partial charge on any atom is -0.481 e. The van der Waals surface area contributed by atoms with Crippen molar-refractivity contribution in [1.82, 2.24) is 10.2 Å². The molecule has 0 aliphatic carbocycles. The summed E-state index contributed by atoms with van der Waals surface area (Å²) in [7, 11) is 1.60. The molecule has 2 atom stereocenters. The summed E-state index contributed by atoms with van der Waals surface area (Å²) in [6.45, 7) is 9.84. The fraction of sp³-hybridized carbons (Fsp3) is 0.833. The highest BCUT2D eigenvalue weighted by molar-refractivity contribution is 5.76. The Morgan fingerprint density at radius 1 is 1.29 bits per heavy atom. The smallest absolute Gasteiger partial charge is 0.317 e. The summed E-state index contributed by atoms with van der Waals surface area (Å²) in [4.78, 5) is 23.9. The van der Waals surface area contributed by atoms with Gasteiger partial charge in [0.1, 0.15) is 0 Å². The summed E-state index contributed by atoms with van der Waals surface area (Å²) in [6.07, 6.45) is 0. The Labute approximate surface area is 103 Å². The van der Waals surface area contributed by atoms with Crippen molar-refractivity contribution in [2.24, 2.45) is 11.3 Å². The van der Waals surface area contributed by atoms with Gasteiger partial charge in [0.25, 0.3) is 0 Å². The third-order valence-corrected chi connectivity index (χ3v) is 2.96. The monoisotopic (exact) mass is 244 g/mol. The molecule has 2 unspecified atom stereocenters. The van der Waals surface area contributed by atoms with Crippen molar-refractivity contribution < 1.29 is 14.7 Å². The number of urea groups is 1. The highest BCUT2D eigenvalue weighted by atomic mass is 16.4. The Hall–Kier alpha value is -1.26. The number of rotatable bonds is 4. The van der Waals surface area contributed by atoms with Gasteiger partial charge in [0, 0.05) is 19.6 Å². The van der Waals surface area contributed by atoms with E-state index in [1.165, 1.54) is 4.90 Å². The minimum absolute atomic E-state index is 0.0189. The van der Waals surface area contributed by atoms with Gasteiger partial charge in [-0.1, -0.05) is 27.7 Å². The largest absolute Gasteiger partial charge is 0.481 e. The fourth-order valence-corrected chi connectivity index (χ4v) is 1.08. The summed E-state index contributed by atoms with van der Waals surface area (Å²) in [6, 6.07) is -0.210. The van der Waals surface area contributed by atoms with Crippen LogP contribution in [0.15, 0.2) is 0 Å². The molecule has 0 saturated heterocycles. The zero-order chi connectivity index (χ0) is 13.8. The van der Waals surface area contributed by atoms with E-state index in [2.05, 4.69) is 5.32 Å². The van der Waals surface area contributed by atoms with Gasteiger partial charge < -0.3 is 15.3 Å². The first-order valence-electron chi connectivity index (χ1n) is 5.80. The first kappa shape index (κ1) is 15.7. The van der Waals surface area contributed by atoms with Crippen molar-refractivity contribution in [2.75, 3.05) is 13.6 Å². The molecular weight excluding hydrogens is 220 g/mol. The molecule has 17 heavy (non-hydrogen) atoms. The third-order valence-electron chi connectivity index (χ3n) is 2.96. The lowest BCUT2D eigenvalue weighted by Gasteiger charge is -2.30. The quantitative estimate of drug-likeness (QED) is 0.792. The van der Waals surface area contributed by atoms with Crippen molar-refractivity contribution in [3.63, 3.8) is 0 Å². The molecule has 0 fully saturated rings. The van der Waals surface area contributed by atoms with Gasteiger partial charge in [-0.3, -0.25) is 4.79 Å². The molecule has 0 aromatic carbocycles. The first-order valence-corrected chi connectivity index (χ1v) is 5.80. The van der Waals surface area contributed by atoms with Crippen LogP contribution < -0.4 is 5.32 Å². The van der Waals surface area contributed by atoms with Crippen molar-refractivity contribution >= 4 is 12.0 Å². The predicted molar refractivity (Wildman–Crippen MR) is 66.9 cm³/mol. The van der Waals surface area contributed by atoms with Crippen molar-refractivity contribution in [1.29, 1.82) is 0 Å². The van der Waals surface area contributed by atoms with Crippen LogP contribution in [0.25, 0.3) is 0 Å². The number of hydrogen-bond donors (Lipinski definition) is 2. The maximum Gasteiger partial charge on any atom is 0.317 e. The second-order valence-corrected chi connectivity index (χ2v) is 5.66. The van der Waals surface area contributed by atoms with Crippen molar-refractivity contribution in [3.05, 3.63) is 0 Å². The molecular formula is C12H24N2O3. The number of carboxylic acids is 1. The summed E-state index contributed by atoms with van der Waals surface area (Å²) in [5.41, 5.74) is -0.0189. The standard InChI is InChI=1S/C12H24N2O3/c1-8(10(15)16)7-14(6)11(17)13-9(2)12(3,4)5/h8-9H,7H2,1-6H3,(H,13,17)(H,15,16). The van der Waals surface area contributed by atoms with Crippen molar-refractivity contribution in [2.45, 2.75) is 40.7 Å². The molecule has 2 amide bonds. The summed E-state index contributed by atoms with van der Waals surface area (Å²) in [5, 5.41) is 11.6. The van der Waals surface area contributed by atoms with Gasteiger partial charge in [-0.05, 0) is 12.3 Å². The number of carboxylic acid groups (broad SMARTS) is 1. The Kier molecular flexibility index (Phi) is 5.45. The molecule has 0 aromatic heterocycles. The molecule has 0 saturated carbocycles. The second kappa shape index (κ2) is 5.89. The molecule has 0 bridgehead atoms. The van der Waals surface area contributed by atoms with Gasteiger partial charge in [-0.2, -0.15) is 0 Å². The maximum absolute atomic E-state index is 11.8. The molecule has 0 aliphatic rings. The summed E-state index contributed by atoms with van der Waals surface area (Å²) >= 11 is 0. The lowest BCUT2D eigenvalue weighted by Crippen LogP contribution is -2.48. The first-order chi connectivity index (χ1) is 7.55. The fourth-order valence-electron chi connectivity index (χ4n) is 1.08. The van der Waals surface area contributed by atoms with E-state index in [0.717, 1.165) is 0 Å². The molecule has 0 radical (unpaired) electrons. The van der Waals surface area contributed by atoms with E-state index in [-0.39, 0.29) is 24.0 Å². The van der Waals surface area contributed by atoms with Crippen LogP contribution in [-0.2, 0) is 4.79 Å². The Morgan fingerprint density at radius 3 is 2.12 bits per heavy atom. The van der Waals surface area contributed by atoms with E-state index in [1.807, 2.05) is 27.7 Å².